The van der Waals surface area contributed by atoms with Crippen molar-refractivity contribution in [3.8, 4) is 5.75 Å². The lowest BCUT2D eigenvalue weighted by molar-refractivity contribution is -0.126. The van der Waals surface area contributed by atoms with Crippen LogP contribution < -0.4 is 4.74 Å². The lowest BCUT2D eigenvalue weighted by Gasteiger charge is -2.23. The van der Waals surface area contributed by atoms with Gasteiger partial charge >= 0.3 is 0 Å². The molecule has 30 heavy (non-hydrogen) atoms. The molecule has 3 aromatic rings. The molecule has 0 N–H and O–H groups in total. The quantitative estimate of drug-likeness (QED) is 0.490. The van der Waals surface area contributed by atoms with Crippen molar-refractivity contribution in [2.24, 2.45) is 0 Å². The van der Waals surface area contributed by atoms with Gasteiger partial charge in [-0.2, -0.15) is 0 Å². The molecule has 1 amide bonds. The van der Waals surface area contributed by atoms with Crippen molar-refractivity contribution in [3.63, 3.8) is 0 Å². The van der Waals surface area contributed by atoms with E-state index in [1.54, 1.807) is 29.5 Å². The number of hydrogen-bond donors (Lipinski definition) is 0. The molecule has 1 saturated heterocycles. The predicted molar refractivity (Wildman–Crippen MR) is 117 cm³/mol. The van der Waals surface area contributed by atoms with E-state index in [9.17, 15) is 9.18 Å². The molecule has 0 saturated carbocycles. The minimum atomic E-state index is -0.262. The van der Waals surface area contributed by atoms with Crippen LogP contribution in [0, 0.1) is 12.7 Å². The summed E-state index contributed by atoms with van der Waals surface area (Å²) >= 11 is 1.60. The first-order valence-corrected chi connectivity index (χ1v) is 10.8. The Bertz CT molecular complexity index is 1050. The number of hydrogen-bond acceptors (Lipinski definition) is 4. The van der Waals surface area contributed by atoms with E-state index in [2.05, 4.69) is 4.98 Å². The highest BCUT2D eigenvalue weighted by atomic mass is 32.1. The van der Waals surface area contributed by atoms with E-state index < -0.39 is 0 Å². The van der Waals surface area contributed by atoms with Gasteiger partial charge in [0.25, 0.3) is 0 Å². The molecule has 154 valence electrons. The first kappa shape index (κ1) is 20.3. The van der Waals surface area contributed by atoms with Crippen LogP contribution in [0.15, 0.2) is 60.0 Å². The highest BCUT2D eigenvalue weighted by Gasteiger charge is 2.28. The van der Waals surface area contributed by atoms with Crippen LogP contribution >= 0.6 is 11.3 Å². The first-order chi connectivity index (χ1) is 14.6. The molecule has 2 aromatic carbocycles. The van der Waals surface area contributed by atoms with Crippen molar-refractivity contribution in [3.05, 3.63) is 87.6 Å². The van der Waals surface area contributed by atoms with Crippen molar-refractivity contribution >= 4 is 23.3 Å². The van der Waals surface area contributed by atoms with Crippen molar-refractivity contribution in [2.45, 2.75) is 32.4 Å². The Labute approximate surface area is 179 Å². The lowest BCUT2D eigenvalue weighted by Crippen LogP contribution is -2.28. The Balaban J connectivity index is 1.40. The number of benzene rings is 2. The van der Waals surface area contributed by atoms with Gasteiger partial charge in [0.15, 0.2) is 0 Å². The summed E-state index contributed by atoms with van der Waals surface area (Å²) in [6.45, 7) is 3.10. The Hall–Kier alpha value is -2.99. The second-order valence-corrected chi connectivity index (χ2v) is 8.36. The Kier molecular flexibility index (Phi) is 6.23. The SMILES string of the molecule is Cc1nc(COc2cccc(/C=C/C(=O)N3CCCC3c3ccc(F)cc3)c2)cs1. The maximum Gasteiger partial charge on any atom is 0.247 e. The predicted octanol–water partition coefficient (Wildman–Crippen LogP) is 5.55. The van der Waals surface area contributed by atoms with Gasteiger partial charge in [-0.15, -0.1) is 11.3 Å². The molecular weight excluding hydrogens is 399 g/mol. The van der Waals surface area contributed by atoms with Gasteiger partial charge in [0.1, 0.15) is 18.2 Å². The number of amides is 1. The monoisotopic (exact) mass is 422 g/mol. The van der Waals surface area contributed by atoms with Crippen LogP contribution in [0.2, 0.25) is 0 Å². The highest BCUT2D eigenvalue weighted by Crippen LogP contribution is 2.32. The van der Waals surface area contributed by atoms with Crippen LogP contribution in [0.5, 0.6) is 5.75 Å². The fraction of sp³-hybridized carbons (Fsp3) is 0.250. The second-order valence-electron chi connectivity index (χ2n) is 7.29. The van der Waals surface area contributed by atoms with Gasteiger partial charge in [-0.05, 0) is 61.2 Å². The van der Waals surface area contributed by atoms with E-state index in [0.717, 1.165) is 40.4 Å². The first-order valence-electron chi connectivity index (χ1n) is 9.96. The number of thiazole rings is 1. The number of ether oxygens (including phenoxy) is 1. The zero-order valence-corrected chi connectivity index (χ0v) is 17.6. The summed E-state index contributed by atoms with van der Waals surface area (Å²) in [6.07, 6.45) is 5.25. The van der Waals surface area contributed by atoms with Gasteiger partial charge in [0.05, 0.1) is 16.7 Å². The van der Waals surface area contributed by atoms with Crippen LogP contribution in [0.25, 0.3) is 6.08 Å². The van der Waals surface area contributed by atoms with E-state index in [-0.39, 0.29) is 17.8 Å². The molecule has 1 unspecified atom stereocenters. The van der Waals surface area contributed by atoms with E-state index in [1.807, 2.05) is 47.5 Å². The molecule has 4 nitrogen and oxygen atoms in total. The third-order valence-electron chi connectivity index (χ3n) is 5.12. The molecule has 6 heteroatoms. The summed E-state index contributed by atoms with van der Waals surface area (Å²) in [7, 11) is 0. The Morgan fingerprint density at radius 3 is 2.90 bits per heavy atom. The van der Waals surface area contributed by atoms with E-state index in [4.69, 9.17) is 4.74 Å². The number of rotatable bonds is 6. The number of nitrogens with zero attached hydrogens (tertiary/aromatic N) is 2. The molecule has 0 spiro atoms. The largest absolute Gasteiger partial charge is 0.487 e. The van der Waals surface area contributed by atoms with E-state index in [1.165, 1.54) is 12.1 Å². The number of carbonyl (C=O) groups excluding carboxylic acids is 1. The molecule has 0 radical (unpaired) electrons. The average Bonchev–Trinajstić information content (AvgIpc) is 3.40. The molecule has 1 aromatic heterocycles. The molecule has 1 aliphatic heterocycles. The topological polar surface area (TPSA) is 42.4 Å². The number of halogens is 1. The molecule has 1 aliphatic rings. The molecule has 4 rings (SSSR count). The fourth-order valence-corrected chi connectivity index (χ4v) is 4.26. The van der Waals surface area contributed by atoms with Crippen LogP contribution in [0.1, 0.15) is 40.7 Å². The van der Waals surface area contributed by atoms with Crippen molar-refractivity contribution in [1.29, 1.82) is 0 Å². The van der Waals surface area contributed by atoms with Crippen molar-refractivity contribution in [2.75, 3.05) is 6.54 Å². The average molecular weight is 423 g/mol. The molecule has 0 bridgehead atoms. The third kappa shape index (κ3) is 4.94. The van der Waals surface area contributed by atoms with Gasteiger partial charge < -0.3 is 9.64 Å². The number of aryl methyl sites for hydroxylation is 1. The number of aromatic nitrogens is 1. The normalized spacial score (nSPS) is 16.3. The molecular formula is C24H23FN2O2S. The zero-order valence-electron chi connectivity index (χ0n) is 16.8. The van der Waals surface area contributed by atoms with E-state index >= 15 is 0 Å². The maximum absolute atomic E-state index is 13.2. The molecule has 2 heterocycles. The summed E-state index contributed by atoms with van der Waals surface area (Å²) in [6, 6.07) is 14.1. The highest BCUT2D eigenvalue weighted by molar-refractivity contribution is 7.09. The fourth-order valence-electron chi connectivity index (χ4n) is 3.67. The second kappa shape index (κ2) is 9.22. The number of likely N-dealkylation sites (tertiary alicyclic amines) is 1. The minimum absolute atomic E-state index is 0.000939. The van der Waals surface area contributed by atoms with Crippen LogP contribution in [-0.2, 0) is 11.4 Å². The third-order valence-corrected chi connectivity index (χ3v) is 5.94. The smallest absolute Gasteiger partial charge is 0.247 e. The Morgan fingerprint density at radius 1 is 1.30 bits per heavy atom. The summed E-state index contributed by atoms with van der Waals surface area (Å²) in [4.78, 5) is 19.0. The van der Waals surface area contributed by atoms with Crippen molar-refractivity contribution < 1.29 is 13.9 Å². The summed E-state index contributed by atoms with van der Waals surface area (Å²) in [5.41, 5.74) is 2.78. The van der Waals surface area contributed by atoms with Gasteiger partial charge in [-0.3, -0.25) is 4.79 Å². The molecule has 1 atom stereocenters. The van der Waals surface area contributed by atoms with Gasteiger partial charge in [-0.1, -0.05) is 24.3 Å². The standard InChI is InChI=1S/C24H23FN2O2S/c1-17-26-21(16-30-17)15-29-22-5-2-4-18(14-22)7-12-24(28)27-13-3-6-23(27)19-8-10-20(25)11-9-19/h2,4-5,7-12,14,16,23H,3,6,13,15H2,1H3/b12-7+. The summed E-state index contributed by atoms with van der Waals surface area (Å²) < 4.78 is 19.0. The van der Waals surface area contributed by atoms with E-state index in [0.29, 0.717) is 13.2 Å². The van der Waals surface area contributed by atoms with Crippen molar-refractivity contribution in [1.82, 2.24) is 9.88 Å². The maximum atomic E-state index is 13.2. The molecule has 0 aliphatic carbocycles. The van der Waals surface area contributed by atoms with Gasteiger partial charge in [-0.25, -0.2) is 9.37 Å². The Morgan fingerprint density at radius 2 is 2.13 bits per heavy atom. The molecule has 1 fully saturated rings. The van der Waals surface area contributed by atoms with Crippen LogP contribution in [-0.4, -0.2) is 22.3 Å². The minimum Gasteiger partial charge on any atom is -0.487 e. The number of carbonyl (C=O) groups is 1. The zero-order chi connectivity index (χ0) is 20.9. The van der Waals surface area contributed by atoms with Gasteiger partial charge in [0.2, 0.25) is 5.91 Å². The lowest BCUT2D eigenvalue weighted by atomic mass is 10.0. The van der Waals surface area contributed by atoms with Crippen LogP contribution in [0.3, 0.4) is 0 Å². The van der Waals surface area contributed by atoms with Crippen LogP contribution in [0.4, 0.5) is 4.39 Å². The summed E-state index contributed by atoms with van der Waals surface area (Å²) in [5.74, 6) is 0.438. The van der Waals surface area contributed by atoms with Gasteiger partial charge in [0, 0.05) is 18.0 Å². The summed E-state index contributed by atoms with van der Waals surface area (Å²) in [5, 5.41) is 3.01.